The fourth-order valence-electron chi connectivity index (χ4n) is 3.34. The lowest BCUT2D eigenvalue weighted by Gasteiger charge is -2.33. The quantitative estimate of drug-likeness (QED) is 0.330. The van der Waals surface area contributed by atoms with Crippen molar-refractivity contribution in [3.63, 3.8) is 0 Å². The topological polar surface area (TPSA) is 52.6 Å². The van der Waals surface area contributed by atoms with Crippen molar-refractivity contribution < 1.29 is 0 Å². The van der Waals surface area contributed by atoms with E-state index in [0.29, 0.717) is 12.6 Å². The van der Waals surface area contributed by atoms with Crippen LogP contribution in [-0.4, -0.2) is 42.0 Å². The van der Waals surface area contributed by atoms with Gasteiger partial charge in [-0.15, -0.1) is 24.0 Å². The Morgan fingerprint density at radius 2 is 1.93 bits per heavy atom. The Morgan fingerprint density at radius 1 is 1.21 bits per heavy atom. The van der Waals surface area contributed by atoms with Gasteiger partial charge in [0.1, 0.15) is 0 Å². The van der Waals surface area contributed by atoms with Crippen molar-refractivity contribution in [2.24, 2.45) is 4.99 Å². The predicted molar refractivity (Wildman–Crippen MR) is 130 cm³/mol. The molecule has 2 aromatic rings. The van der Waals surface area contributed by atoms with Gasteiger partial charge in [-0.3, -0.25) is 14.9 Å². The van der Waals surface area contributed by atoms with E-state index in [1.807, 2.05) is 19.3 Å². The van der Waals surface area contributed by atoms with Crippen LogP contribution in [0.15, 0.2) is 52.1 Å². The highest BCUT2D eigenvalue weighted by molar-refractivity contribution is 14.0. The Balaban J connectivity index is 0.00000280. The zero-order valence-corrected chi connectivity index (χ0v) is 20.4. The van der Waals surface area contributed by atoms with Crippen molar-refractivity contribution in [3.05, 3.63) is 63.9 Å². The number of aliphatic imine (C=N–C) groups is 1. The Bertz CT molecular complexity index is 758. The number of nitrogens with zero attached hydrogens (tertiary/aromatic N) is 3. The fraction of sp³-hybridized carbons (Fsp3) is 0.429. The largest absolute Gasteiger partial charge is 0.354 e. The highest BCUT2D eigenvalue weighted by atomic mass is 127. The molecule has 1 fully saturated rings. The number of pyridine rings is 1. The molecule has 2 heterocycles. The van der Waals surface area contributed by atoms with Gasteiger partial charge in [0.05, 0.1) is 12.2 Å². The number of piperidine rings is 1. The van der Waals surface area contributed by atoms with Crippen LogP contribution in [0.4, 0.5) is 0 Å². The number of benzene rings is 1. The number of hydrogen-bond donors (Lipinski definition) is 2. The third-order valence-corrected chi connectivity index (χ3v) is 5.54. The minimum absolute atomic E-state index is 0. The molecule has 0 unspecified atom stereocenters. The van der Waals surface area contributed by atoms with E-state index in [9.17, 15) is 0 Å². The summed E-state index contributed by atoms with van der Waals surface area (Å²) in [6.07, 6.45) is 4.08. The molecule has 0 amide bonds. The number of hydrogen-bond acceptors (Lipinski definition) is 3. The summed E-state index contributed by atoms with van der Waals surface area (Å²) in [7, 11) is 1.82. The maximum Gasteiger partial charge on any atom is 0.191 e. The number of aryl methyl sites for hydroxylation is 1. The maximum absolute atomic E-state index is 4.43. The van der Waals surface area contributed by atoms with Crippen molar-refractivity contribution in [1.29, 1.82) is 0 Å². The van der Waals surface area contributed by atoms with Crippen LogP contribution >= 0.6 is 39.9 Å². The van der Waals surface area contributed by atoms with Gasteiger partial charge in [0.2, 0.25) is 0 Å². The molecule has 1 aliphatic rings. The summed E-state index contributed by atoms with van der Waals surface area (Å²) in [5, 5.41) is 6.95. The van der Waals surface area contributed by atoms with E-state index in [1.54, 1.807) is 0 Å². The van der Waals surface area contributed by atoms with Crippen LogP contribution in [0.25, 0.3) is 0 Å². The van der Waals surface area contributed by atoms with Gasteiger partial charge < -0.3 is 10.6 Å². The van der Waals surface area contributed by atoms with Gasteiger partial charge in [-0.25, -0.2) is 0 Å². The summed E-state index contributed by atoms with van der Waals surface area (Å²) in [6.45, 7) is 6.00. The molecule has 28 heavy (non-hydrogen) atoms. The molecule has 152 valence electrons. The van der Waals surface area contributed by atoms with E-state index >= 15 is 0 Å². The van der Waals surface area contributed by atoms with E-state index in [0.717, 1.165) is 48.6 Å². The van der Waals surface area contributed by atoms with Crippen LogP contribution in [0, 0.1) is 6.92 Å². The van der Waals surface area contributed by atoms with Crippen molar-refractivity contribution in [1.82, 2.24) is 20.5 Å². The Morgan fingerprint density at radius 3 is 2.57 bits per heavy atom. The number of guanidine groups is 1. The van der Waals surface area contributed by atoms with Gasteiger partial charge in [-0.2, -0.15) is 0 Å². The number of rotatable bonds is 5. The van der Waals surface area contributed by atoms with Crippen LogP contribution in [0.3, 0.4) is 0 Å². The minimum Gasteiger partial charge on any atom is -0.354 e. The SMILES string of the molecule is CN=C(NCc1ncccc1C)NC1CCN(Cc2ccc(Br)cc2)CC1.I. The Hall–Kier alpha value is -1.19. The predicted octanol–water partition coefficient (Wildman–Crippen LogP) is 4.10. The zero-order valence-electron chi connectivity index (χ0n) is 16.5. The van der Waals surface area contributed by atoms with E-state index in [1.165, 1.54) is 11.1 Å². The lowest BCUT2D eigenvalue weighted by atomic mass is 10.0. The standard InChI is InChI=1S/C21H28BrN5.HI/c1-16-4-3-11-24-20(16)14-25-21(23-2)26-19-9-12-27(13-10-19)15-17-5-7-18(22)8-6-17;/h3-8,11,19H,9-10,12-15H2,1-2H3,(H2,23,25,26);1H. The second-order valence-corrected chi connectivity index (χ2v) is 7.93. The summed E-state index contributed by atoms with van der Waals surface area (Å²) in [5.41, 5.74) is 3.62. The molecule has 7 heteroatoms. The highest BCUT2D eigenvalue weighted by Gasteiger charge is 2.20. The monoisotopic (exact) mass is 557 g/mol. The lowest BCUT2D eigenvalue weighted by molar-refractivity contribution is 0.198. The number of halogens is 2. The number of likely N-dealkylation sites (tertiary alicyclic amines) is 1. The van der Waals surface area contributed by atoms with Gasteiger partial charge in [0.15, 0.2) is 5.96 Å². The van der Waals surface area contributed by atoms with Gasteiger partial charge in [0.25, 0.3) is 0 Å². The summed E-state index contributed by atoms with van der Waals surface area (Å²) in [6, 6.07) is 13.1. The smallest absolute Gasteiger partial charge is 0.191 e. The molecule has 0 bridgehead atoms. The molecular formula is C21H29BrIN5. The zero-order chi connectivity index (χ0) is 19.1. The van der Waals surface area contributed by atoms with Crippen molar-refractivity contribution in [2.75, 3.05) is 20.1 Å². The van der Waals surface area contributed by atoms with E-state index < -0.39 is 0 Å². The first-order valence-corrected chi connectivity index (χ1v) is 10.3. The second-order valence-electron chi connectivity index (χ2n) is 7.01. The molecule has 1 saturated heterocycles. The van der Waals surface area contributed by atoms with E-state index in [2.05, 4.69) is 78.7 Å². The van der Waals surface area contributed by atoms with Gasteiger partial charge in [-0.05, 0) is 49.1 Å². The van der Waals surface area contributed by atoms with Crippen molar-refractivity contribution in [2.45, 2.75) is 38.9 Å². The lowest BCUT2D eigenvalue weighted by Crippen LogP contribution is -2.48. The van der Waals surface area contributed by atoms with Gasteiger partial charge in [0, 0.05) is 43.4 Å². The second kappa shape index (κ2) is 11.7. The van der Waals surface area contributed by atoms with Crippen LogP contribution in [0.5, 0.6) is 0 Å². The van der Waals surface area contributed by atoms with Gasteiger partial charge >= 0.3 is 0 Å². The molecule has 1 aromatic heterocycles. The third kappa shape index (κ3) is 7.00. The number of nitrogens with one attached hydrogen (secondary N) is 2. The normalized spacial score (nSPS) is 15.8. The maximum atomic E-state index is 4.43. The molecule has 1 aliphatic heterocycles. The highest BCUT2D eigenvalue weighted by Crippen LogP contribution is 2.16. The first-order valence-electron chi connectivity index (χ1n) is 9.48. The number of aromatic nitrogens is 1. The molecule has 3 rings (SSSR count). The van der Waals surface area contributed by atoms with Crippen molar-refractivity contribution >= 4 is 45.9 Å². The molecule has 0 saturated carbocycles. The molecule has 1 aromatic carbocycles. The fourth-order valence-corrected chi connectivity index (χ4v) is 3.61. The molecular weight excluding hydrogens is 529 g/mol. The van der Waals surface area contributed by atoms with E-state index in [-0.39, 0.29) is 24.0 Å². The third-order valence-electron chi connectivity index (χ3n) is 5.01. The molecule has 0 radical (unpaired) electrons. The van der Waals surface area contributed by atoms with Gasteiger partial charge in [-0.1, -0.05) is 34.1 Å². The first kappa shape index (κ1) is 23.1. The van der Waals surface area contributed by atoms with Crippen LogP contribution < -0.4 is 10.6 Å². The summed E-state index contributed by atoms with van der Waals surface area (Å²) in [5.74, 6) is 0.853. The van der Waals surface area contributed by atoms with Crippen LogP contribution in [0.2, 0.25) is 0 Å². The Kier molecular flexibility index (Phi) is 9.67. The molecule has 2 N–H and O–H groups in total. The average molecular weight is 558 g/mol. The molecule has 0 aliphatic carbocycles. The summed E-state index contributed by atoms with van der Waals surface area (Å²) < 4.78 is 1.13. The molecule has 5 nitrogen and oxygen atoms in total. The molecule has 0 atom stereocenters. The van der Waals surface area contributed by atoms with E-state index in [4.69, 9.17) is 0 Å². The van der Waals surface area contributed by atoms with Crippen LogP contribution in [-0.2, 0) is 13.1 Å². The summed E-state index contributed by atoms with van der Waals surface area (Å²) >= 11 is 3.50. The van der Waals surface area contributed by atoms with Crippen molar-refractivity contribution in [3.8, 4) is 0 Å². The van der Waals surface area contributed by atoms with Crippen LogP contribution in [0.1, 0.15) is 29.7 Å². The summed E-state index contributed by atoms with van der Waals surface area (Å²) in [4.78, 5) is 11.3. The average Bonchev–Trinajstić information content (AvgIpc) is 2.69. The minimum atomic E-state index is 0. The first-order chi connectivity index (χ1) is 13.1. The Labute approximate surface area is 193 Å². The molecule has 0 spiro atoms.